The Morgan fingerprint density at radius 1 is 1.08 bits per heavy atom. The third kappa shape index (κ3) is 5.96. The molecule has 1 aliphatic carbocycles. The van der Waals surface area contributed by atoms with E-state index in [-0.39, 0.29) is 18.6 Å². The summed E-state index contributed by atoms with van der Waals surface area (Å²) in [6.45, 7) is 5.07. The molecule has 0 aromatic heterocycles. The van der Waals surface area contributed by atoms with Gasteiger partial charge in [-0.2, -0.15) is 0 Å². The summed E-state index contributed by atoms with van der Waals surface area (Å²) < 4.78 is 0. The van der Waals surface area contributed by atoms with Crippen molar-refractivity contribution >= 4 is 12.0 Å². The summed E-state index contributed by atoms with van der Waals surface area (Å²) in [6, 6.07) is 0.330. The molecule has 2 fully saturated rings. The molecule has 1 saturated carbocycles. The quantitative estimate of drug-likeness (QED) is 0.730. The number of aliphatic carboxylic acids is 1. The minimum atomic E-state index is -0.777. The maximum Gasteiger partial charge on any atom is 0.317 e. The van der Waals surface area contributed by atoms with E-state index in [1.165, 1.54) is 38.5 Å². The van der Waals surface area contributed by atoms with E-state index in [0.29, 0.717) is 5.92 Å². The van der Waals surface area contributed by atoms with Crippen LogP contribution < -0.4 is 5.32 Å². The summed E-state index contributed by atoms with van der Waals surface area (Å²) in [5, 5.41) is 12.1. The van der Waals surface area contributed by atoms with E-state index in [1.807, 2.05) is 16.7 Å². The van der Waals surface area contributed by atoms with Crippen molar-refractivity contribution in [2.75, 3.05) is 32.7 Å². The van der Waals surface area contributed by atoms with E-state index in [1.54, 1.807) is 0 Å². The molecule has 0 atom stereocenters. The SMILES string of the molecule is CCN(CC(=O)O)C1CCN(C(=O)NCC2CCCCCC2)CC1. The van der Waals surface area contributed by atoms with Crippen molar-refractivity contribution in [3.8, 4) is 0 Å². The molecule has 2 aliphatic rings. The van der Waals surface area contributed by atoms with Crippen molar-refractivity contribution in [3.05, 3.63) is 0 Å². The molecule has 0 radical (unpaired) electrons. The Morgan fingerprint density at radius 2 is 1.71 bits per heavy atom. The minimum absolute atomic E-state index is 0.0546. The number of carboxylic acid groups (broad SMARTS) is 1. The van der Waals surface area contributed by atoms with Gasteiger partial charge in [0, 0.05) is 25.7 Å². The Hall–Kier alpha value is -1.30. The number of urea groups is 1. The zero-order valence-corrected chi connectivity index (χ0v) is 15.0. The maximum absolute atomic E-state index is 12.4. The lowest BCUT2D eigenvalue weighted by Crippen LogP contribution is -2.50. The van der Waals surface area contributed by atoms with E-state index in [4.69, 9.17) is 5.11 Å². The topological polar surface area (TPSA) is 72.9 Å². The molecular formula is C18H33N3O3. The van der Waals surface area contributed by atoms with Gasteiger partial charge in [0.25, 0.3) is 0 Å². The van der Waals surface area contributed by atoms with Gasteiger partial charge in [-0.25, -0.2) is 4.79 Å². The van der Waals surface area contributed by atoms with Gasteiger partial charge in [-0.1, -0.05) is 32.6 Å². The molecule has 138 valence electrons. The van der Waals surface area contributed by atoms with Crippen LogP contribution in [0.4, 0.5) is 4.79 Å². The molecule has 2 rings (SSSR count). The molecule has 0 unspecified atom stereocenters. The van der Waals surface area contributed by atoms with Crippen LogP contribution in [0.5, 0.6) is 0 Å². The first-order valence-corrected chi connectivity index (χ1v) is 9.58. The van der Waals surface area contributed by atoms with Crippen LogP contribution in [0.2, 0.25) is 0 Å². The fourth-order valence-electron chi connectivity index (χ4n) is 4.02. The molecule has 1 aliphatic heterocycles. The van der Waals surface area contributed by atoms with Crippen LogP contribution in [0.25, 0.3) is 0 Å². The second kappa shape index (κ2) is 9.87. The number of carbonyl (C=O) groups is 2. The van der Waals surface area contributed by atoms with Gasteiger partial charge in [0.15, 0.2) is 0 Å². The number of carboxylic acids is 1. The number of nitrogens with one attached hydrogen (secondary N) is 1. The predicted octanol–water partition coefficient (Wildman–Crippen LogP) is 2.54. The fraction of sp³-hybridized carbons (Fsp3) is 0.889. The van der Waals surface area contributed by atoms with Crippen LogP contribution in [-0.2, 0) is 4.79 Å². The molecule has 6 nitrogen and oxygen atoms in total. The maximum atomic E-state index is 12.4. The molecule has 2 N–H and O–H groups in total. The minimum Gasteiger partial charge on any atom is -0.480 e. The number of amides is 2. The Labute approximate surface area is 145 Å². The van der Waals surface area contributed by atoms with Crippen molar-refractivity contribution < 1.29 is 14.7 Å². The second-order valence-corrected chi connectivity index (χ2v) is 7.22. The zero-order valence-electron chi connectivity index (χ0n) is 15.0. The van der Waals surface area contributed by atoms with Gasteiger partial charge in [0.05, 0.1) is 6.54 Å². The molecule has 0 aromatic rings. The molecule has 0 spiro atoms. The number of likely N-dealkylation sites (tertiary alicyclic amines) is 1. The van der Waals surface area contributed by atoms with Gasteiger partial charge in [0.2, 0.25) is 0 Å². The lowest BCUT2D eigenvalue weighted by atomic mass is 10.0. The zero-order chi connectivity index (χ0) is 17.4. The van der Waals surface area contributed by atoms with Crippen molar-refractivity contribution in [1.82, 2.24) is 15.1 Å². The highest BCUT2D eigenvalue weighted by Crippen LogP contribution is 2.22. The average Bonchev–Trinajstić information content (AvgIpc) is 2.86. The first-order valence-electron chi connectivity index (χ1n) is 9.58. The Bertz CT molecular complexity index is 400. The standard InChI is InChI=1S/C18H33N3O3/c1-2-20(14-17(22)23)16-9-11-21(12-10-16)18(24)19-13-15-7-5-3-4-6-8-15/h15-16H,2-14H2,1H3,(H,19,24)(H,22,23). The first-order chi connectivity index (χ1) is 11.6. The van der Waals surface area contributed by atoms with Gasteiger partial charge < -0.3 is 15.3 Å². The number of nitrogens with zero attached hydrogens (tertiary/aromatic N) is 2. The van der Waals surface area contributed by atoms with Crippen LogP contribution in [-0.4, -0.2) is 65.7 Å². The largest absolute Gasteiger partial charge is 0.480 e. The van der Waals surface area contributed by atoms with Crippen LogP contribution in [0.15, 0.2) is 0 Å². The van der Waals surface area contributed by atoms with Gasteiger partial charge in [0.1, 0.15) is 0 Å². The summed E-state index contributed by atoms with van der Waals surface area (Å²) in [4.78, 5) is 27.2. The summed E-state index contributed by atoms with van der Waals surface area (Å²) in [5.41, 5.74) is 0. The van der Waals surface area contributed by atoms with Crippen molar-refractivity contribution in [2.24, 2.45) is 5.92 Å². The lowest BCUT2D eigenvalue weighted by molar-refractivity contribution is -0.139. The van der Waals surface area contributed by atoms with Crippen LogP contribution in [0, 0.1) is 5.92 Å². The molecule has 6 heteroatoms. The molecular weight excluding hydrogens is 306 g/mol. The highest BCUT2D eigenvalue weighted by Gasteiger charge is 2.27. The van der Waals surface area contributed by atoms with E-state index in [2.05, 4.69) is 5.32 Å². The summed E-state index contributed by atoms with van der Waals surface area (Å²) >= 11 is 0. The number of likely N-dealkylation sites (N-methyl/N-ethyl adjacent to an activating group) is 1. The first kappa shape index (κ1) is 19.0. The summed E-state index contributed by atoms with van der Waals surface area (Å²) in [6.07, 6.45) is 9.46. The monoisotopic (exact) mass is 339 g/mol. The Morgan fingerprint density at radius 3 is 2.25 bits per heavy atom. The molecule has 1 heterocycles. The highest BCUT2D eigenvalue weighted by molar-refractivity contribution is 5.74. The number of piperidine rings is 1. The van der Waals surface area contributed by atoms with E-state index >= 15 is 0 Å². The molecule has 1 saturated heterocycles. The van der Waals surface area contributed by atoms with Crippen molar-refractivity contribution in [3.63, 3.8) is 0 Å². The van der Waals surface area contributed by atoms with Crippen molar-refractivity contribution in [2.45, 2.75) is 64.3 Å². The third-order valence-corrected chi connectivity index (χ3v) is 5.53. The summed E-state index contributed by atoms with van der Waals surface area (Å²) in [5.74, 6) is -0.138. The number of hydrogen-bond acceptors (Lipinski definition) is 3. The predicted molar refractivity (Wildman–Crippen MR) is 94.1 cm³/mol. The number of hydrogen-bond donors (Lipinski definition) is 2. The normalized spacial score (nSPS) is 20.8. The molecule has 2 amide bonds. The average molecular weight is 339 g/mol. The molecule has 0 aromatic carbocycles. The third-order valence-electron chi connectivity index (χ3n) is 5.53. The number of carbonyl (C=O) groups excluding carboxylic acids is 1. The fourth-order valence-corrected chi connectivity index (χ4v) is 4.02. The smallest absolute Gasteiger partial charge is 0.317 e. The van der Waals surface area contributed by atoms with Gasteiger partial charge in [-0.3, -0.25) is 9.69 Å². The Kier molecular flexibility index (Phi) is 7.82. The van der Waals surface area contributed by atoms with Gasteiger partial charge in [-0.15, -0.1) is 0 Å². The van der Waals surface area contributed by atoms with Crippen molar-refractivity contribution in [1.29, 1.82) is 0 Å². The van der Waals surface area contributed by atoms with Crippen LogP contribution in [0.3, 0.4) is 0 Å². The highest BCUT2D eigenvalue weighted by atomic mass is 16.4. The van der Waals surface area contributed by atoms with Crippen LogP contribution in [0.1, 0.15) is 58.3 Å². The van der Waals surface area contributed by atoms with Crippen LogP contribution >= 0.6 is 0 Å². The second-order valence-electron chi connectivity index (χ2n) is 7.22. The van der Waals surface area contributed by atoms with E-state index in [9.17, 15) is 9.59 Å². The lowest BCUT2D eigenvalue weighted by Gasteiger charge is -2.37. The summed E-state index contributed by atoms with van der Waals surface area (Å²) in [7, 11) is 0. The van der Waals surface area contributed by atoms with Gasteiger partial charge in [-0.05, 0) is 38.1 Å². The van der Waals surface area contributed by atoms with Gasteiger partial charge >= 0.3 is 12.0 Å². The number of rotatable bonds is 6. The molecule has 0 bridgehead atoms. The Balaban J connectivity index is 1.70. The van der Waals surface area contributed by atoms with E-state index < -0.39 is 5.97 Å². The van der Waals surface area contributed by atoms with E-state index in [0.717, 1.165) is 39.0 Å². The molecule has 24 heavy (non-hydrogen) atoms.